The maximum absolute atomic E-state index is 11.3. The first-order valence-electron chi connectivity index (χ1n) is 6.47. The lowest BCUT2D eigenvalue weighted by atomic mass is 9.98. The fourth-order valence-electron chi connectivity index (χ4n) is 2.13. The minimum atomic E-state index is -1.22. The van der Waals surface area contributed by atoms with E-state index in [-0.39, 0.29) is 0 Å². The highest BCUT2D eigenvalue weighted by Crippen LogP contribution is 2.29. The van der Waals surface area contributed by atoms with E-state index in [0.717, 1.165) is 13.8 Å². The third kappa shape index (κ3) is 4.61. The van der Waals surface area contributed by atoms with E-state index in [1.807, 2.05) is 0 Å². The SMILES string of the molecule is CC(=O)O[C@@H]1[C@H](OC(C)=O)[C@H](C)O[C@H](N=[N+]=[N-])[C@H]1OC(C)=O. The van der Waals surface area contributed by atoms with Gasteiger partial charge in [-0.25, -0.2) is 0 Å². The van der Waals surface area contributed by atoms with Crippen LogP contribution in [-0.2, 0) is 33.3 Å². The molecule has 122 valence electrons. The van der Waals surface area contributed by atoms with Crippen LogP contribution < -0.4 is 0 Å². The molecule has 10 nitrogen and oxygen atoms in total. The molecule has 1 heterocycles. The second-order valence-electron chi connectivity index (χ2n) is 4.66. The fourth-order valence-corrected chi connectivity index (χ4v) is 2.13. The predicted molar refractivity (Wildman–Crippen MR) is 70.1 cm³/mol. The first-order chi connectivity index (χ1) is 10.3. The number of ether oxygens (including phenoxy) is 4. The van der Waals surface area contributed by atoms with E-state index >= 15 is 0 Å². The van der Waals surface area contributed by atoms with Crippen LogP contribution in [0.2, 0.25) is 0 Å². The van der Waals surface area contributed by atoms with E-state index in [1.54, 1.807) is 6.92 Å². The van der Waals surface area contributed by atoms with Gasteiger partial charge in [0.2, 0.25) is 0 Å². The van der Waals surface area contributed by atoms with Crippen molar-refractivity contribution in [1.82, 2.24) is 0 Å². The fraction of sp³-hybridized carbons (Fsp3) is 0.750. The standard InChI is InChI=1S/C12H17N3O7/c1-5-9(20-6(2)16)10(21-7(3)17)11(22-8(4)18)12(19-5)14-15-13/h5,9-12H,1-4H3/t5-,9+,10+,11-,12-/m0/s1. The van der Waals surface area contributed by atoms with Gasteiger partial charge in [0.1, 0.15) is 0 Å². The number of hydrogen-bond acceptors (Lipinski definition) is 8. The molecule has 0 amide bonds. The summed E-state index contributed by atoms with van der Waals surface area (Å²) in [7, 11) is 0. The van der Waals surface area contributed by atoms with Crippen molar-refractivity contribution in [2.75, 3.05) is 0 Å². The predicted octanol–water partition coefficient (Wildman–Crippen LogP) is 0.837. The van der Waals surface area contributed by atoms with Crippen LogP contribution in [-0.4, -0.2) is 48.6 Å². The normalized spacial score (nSPS) is 30.6. The van der Waals surface area contributed by atoms with Crippen LogP contribution in [0.5, 0.6) is 0 Å². The van der Waals surface area contributed by atoms with Crippen molar-refractivity contribution in [3.8, 4) is 0 Å². The molecule has 0 aromatic carbocycles. The maximum Gasteiger partial charge on any atom is 0.303 e. The minimum absolute atomic E-state index is 0.624. The van der Waals surface area contributed by atoms with Gasteiger partial charge in [0.05, 0.1) is 6.10 Å². The minimum Gasteiger partial charge on any atom is -0.456 e. The Hall–Kier alpha value is -2.32. The Labute approximate surface area is 126 Å². The maximum atomic E-state index is 11.3. The molecule has 5 atom stereocenters. The van der Waals surface area contributed by atoms with E-state index in [1.165, 1.54) is 6.92 Å². The summed E-state index contributed by atoms with van der Waals surface area (Å²) in [6.07, 6.45) is -5.33. The molecule has 0 aromatic heterocycles. The van der Waals surface area contributed by atoms with Crippen molar-refractivity contribution >= 4 is 17.9 Å². The molecule has 0 saturated carbocycles. The molecular weight excluding hydrogens is 298 g/mol. The second-order valence-corrected chi connectivity index (χ2v) is 4.66. The van der Waals surface area contributed by atoms with Gasteiger partial charge in [-0.2, -0.15) is 0 Å². The van der Waals surface area contributed by atoms with Crippen LogP contribution in [0, 0.1) is 0 Å². The van der Waals surface area contributed by atoms with Crippen molar-refractivity contribution in [2.45, 2.75) is 58.3 Å². The monoisotopic (exact) mass is 315 g/mol. The molecular formula is C12H17N3O7. The van der Waals surface area contributed by atoms with Gasteiger partial charge in [0, 0.05) is 25.7 Å². The van der Waals surface area contributed by atoms with E-state index in [2.05, 4.69) is 10.0 Å². The third-order valence-corrected chi connectivity index (χ3v) is 2.82. The van der Waals surface area contributed by atoms with Crippen molar-refractivity contribution in [1.29, 1.82) is 0 Å². The lowest BCUT2D eigenvalue weighted by Gasteiger charge is -2.42. The number of nitrogens with zero attached hydrogens (tertiary/aromatic N) is 3. The van der Waals surface area contributed by atoms with Gasteiger partial charge in [-0.3, -0.25) is 14.4 Å². The Kier molecular flexibility index (Phi) is 6.14. The number of hydrogen-bond donors (Lipinski definition) is 0. The second kappa shape index (κ2) is 7.62. The largest absolute Gasteiger partial charge is 0.456 e. The molecule has 0 aliphatic carbocycles. The Morgan fingerprint density at radius 1 is 0.955 bits per heavy atom. The van der Waals surface area contributed by atoms with Crippen LogP contribution in [0.15, 0.2) is 5.11 Å². The highest BCUT2D eigenvalue weighted by atomic mass is 16.6. The quantitative estimate of drug-likeness (QED) is 0.246. The molecule has 10 heteroatoms. The zero-order valence-corrected chi connectivity index (χ0v) is 12.6. The molecule has 1 aliphatic rings. The number of carbonyl (C=O) groups is 3. The first kappa shape index (κ1) is 17.7. The van der Waals surface area contributed by atoms with E-state index in [0.29, 0.717) is 0 Å². The van der Waals surface area contributed by atoms with Crippen molar-refractivity contribution in [2.24, 2.45) is 5.11 Å². The van der Waals surface area contributed by atoms with E-state index in [4.69, 9.17) is 24.5 Å². The summed E-state index contributed by atoms with van der Waals surface area (Å²) in [6.45, 7) is 5.01. The molecule has 0 spiro atoms. The van der Waals surface area contributed by atoms with Crippen LogP contribution in [0.25, 0.3) is 10.4 Å². The summed E-state index contributed by atoms with van der Waals surface area (Å²) in [4.78, 5) is 36.4. The van der Waals surface area contributed by atoms with Crippen molar-refractivity contribution < 1.29 is 33.3 Å². The summed E-state index contributed by atoms with van der Waals surface area (Å²) in [5, 5.41) is 3.39. The van der Waals surface area contributed by atoms with E-state index in [9.17, 15) is 14.4 Å². The van der Waals surface area contributed by atoms with Gasteiger partial charge in [0.15, 0.2) is 24.5 Å². The lowest BCUT2D eigenvalue weighted by Crippen LogP contribution is -2.59. The van der Waals surface area contributed by atoms with Crippen molar-refractivity contribution in [3.05, 3.63) is 10.4 Å². The van der Waals surface area contributed by atoms with Gasteiger partial charge in [-0.05, 0) is 12.5 Å². The average molecular weight is 315 g/mol. The summed E-state index contributed by atoms with van der Waals surface area (Å²) in [6, 6.07) is 0. The first-order valence-corrected chi connectivity index (χ1v) is 6.47. The molecule has 22 heavy (non-hydrogen) atoms. The lowest BCUT2D eigenvalue weighted by molar-refractivity contribution is -0.242. The van der Waals surface area contributed by atoms with E-state index < -0.39 is 48.6 Å². The summed E-state index contributed by atoms with van der Waals surface area (Å²) in [5.41, 5.74) is 8.58. The highest BCUT2D eigenvalue weighted by molar-refractivity contribution is 5.68. The Bertz CT molecular complexity index is 503. The highest BCUT2D eigenvalue weighted by Gasteiger charge is 2.49. The summed E-state index contributed by atoms with van der Waals surface area (Å²) >= 11 is 0. The zero-order chi connectivity index (χ0) is 16.9. The molecule has 1 aliphatic heterocycles. The van der Waals surface area contributed by atoms with Crippen molar-refractivity contribution in [3.63, 3.8) is 0 Å². The Morgan fingerprint density at radius 3 is 1.86 bits per heavy atom. The number of carbonyl (C=O) groups excluding carboxylic acids is 3. The van der Waals surface area contributed by atoms with Gasteiger partial charge in [-0.1, -0.05) is 5.11 Å². The number of esters is 3. The summed E-state index contributed by atoms with van der Waals surface area (Å²) in [5.74, 6) is -1.99. The van der Waals surface area contributed by atoms with Gasteiger partial charge >= 0.3 is 17.9 Å². The Balaban J connectivity index is 3.18. The third-order valence-electron chi connectivity index (χ3n) is 2.82. The molecule has 0 bridgehead atoms. The zero-order valence-electron chi connectivity index (χ0n) is 12.6. The molecule has 0 unspecified atom stereocenters. The van der Waals surface area contributed by atoms with Crippen LogP contribution in [0.3, 0.4) is 0 Å². The average Bonchev–Trinajstić information content (AvgIpc) is 2.37. The number of azide groups is 1. The van der Waals surface area contributed by atoms with Crippen LogP contribution in [0.4, 0.5) is 0 Å². The van der Waals surface area contributed by atoms with Gasteiger partial charge in [0.25, 0.3) is 0 Å². The topological polar surface area (TPSA) is 137 Å². The smallest absolute Gasteiger partial charge is 0.303 e. The van der Waals surface area contributed by atoms with Crippen LogP contribution >= 0.6 is 0 Å². The molecule has 1 fully saturated rings. The molecule has 1 saturated heterocycles. The molecule has 0 radical (unpaired) electrons. The molecule has 0 aromatic rings. The van der Waals surface area contributed by atoms with Crippen LogP contribution in [0.1, 0.15) is 27.7 Å². The molecule has 0 N–H and O–H groups in total. The van der Waals surface area contributed by atoms with Gasteiger partial charge < -0.3 is 18.9 Å². The summed E-state index contributed by atoms with van der Waals surface area (Å²) < 4.78 is 20.6. The molecule has 1 rings (SSSR count). The number of rotatable bonds is 4. The van der Waals surface area contributed by atoms with Gasteiger partial charge in [-0.15, -0.1) is 0 Å². The Morgan fingerprint density at radius 2 is 1.41 bits per heavy atom.